The number of rotatable bonds is 8. The predicted octanol–water partition coefficient (Wildman–Crippen LogP) is 11.2. The molecule has 35 heavy (non-hydrogen) atoms. The van der Waals surface area contributed by atoms with Gasteiger partial charge in [0.25, 0.3) is 0 Å². The Morgan fingerprint density at radius 1 is 0.657 bits per heavy atom. The van der Waals surface area contributed by atoms with Crippen molar-refractivity contribution in [3.05, 3.63) is 113 Å². The second-order valence-corrected chi connectivity index (χ2v) is 14.4. The van der Waals surface area contributed by atoms with Crippen LogP contribution in [-0.2, 0) is 22.9 Å². The minimum atomic E-state index is -0.707. The van der Waals surface area contributed by atoms with Crippen molar-refractivity contribution in [2.75, 3.05) is 0 Å². The first-order valence-corrected chi connectivity index (χ1v) is 16.6. The zero-order valence-corrected chi connectivity index (χ0v) is 25.7. The SMILES string of the molecule is CCCCC1=[C]([Hf+2][C]2=C(CCCC)C=CC2)CC=C1.Cc1ccccc1[NH-].Cc1ccccc1[NH-]. The van der Waals surface area contributed by atoms with E-state index in [0.29, 0.717) is 11.4 Å². The molecule has 0 saturated carbocycles. The van der Waals surface area contributed by atoms with Crippen molar-refractivity contribution in [3.8, 4) is 0 Å². The number of nitrogens with one attached hydrogen (secondary N) is 2. The summed E-state index contributed by atoms with van der Waals surface area (Å²) < 4.78 is 3.78. The molecular formula is C32H42HfN2. The van der Waals surface area contributed by atoms with E-state index < -0.39 is 22.9 Å². The second kappa shape index (κ2) is 16.5. The van der Waals surface area contributed by atoms with Gasteiger partial charge in [-0.2, -0.15) is 0 Å². The molecule has 2 aromatic rings. The second-order valence-electron chi connectivity index (χ2n) is 9.18. The van der Waals surface area contributed by atoms with Crippen molar-refractivity contribution in [1.82, 2.24) is 0 Å². The van der Waals surface area contributed by atoms with E-state index in [4.69, 9.17) is 11.5 Å². The van der Waals surface area contributed by atoms with Gasteiger partial charge in [0, 0.05) is 0 Å². The van der Waals surface area contributed by atoms with E-state index in [1.165, 1.54) is 51.4 Å². The zero-order valence-electron chi connectivity index (χ0n) is 22.1. The summed E-state index contributed by atoms with van der Waals surface area (Å²) in [4.78, 5) is 0. The van der Waals surface area contributed by atoms with Crippen LogP contribution in [0, 0.1) is 13.8 Å². The van der Waals surface area contributed by atoms with Crippen LogP contribution in [0.4, 0.5) is 11.4 Å². The number of aryl methyl sites for hydroxylation is 2. The van der Waals surface area contributed by atoms with Crippen LogP contribution in [0.2, 0.25) is 0 Å². The van der Waals surface area contributed by atoms with Gasteiger partial charge in [-0.1, -0.05) is 59.7 Å². The summed E-state index contributed by atoms with van der Waals surface area (Å²) in [5.74, 6) is 0. The molecule has 2 aromatic carbocycles. The number of unbranched alkanes of at least 4 members (excludes halogenated alkanes) is 2. The first-order chi connectivity index (χ1) is 17.0. The molecule has 0 amide bonds. The van der Waals surface area contributed by atoms with Gasteiger partial charge in [-0.15, -0.1) is 11.4 Å². The third kappa shape index (κ3) is 10.6. The van der Waals surface area contributed by atoms with Crippen LogP contribution in [0.5, 0.6) is 0 Å². The van der Waals surface area contributed by atoms with Crippen LogP contribution in [0.3, 0.4) is 0 Å². The molecule has 184 valence electrons. The average molecular weight is 633 g/mol. The van der Waals surface area contributed by atoms with E-state index in [1.54, 1.807) is 23.3 Å². The van der Waals surface area contributed by atoms with E-state index in [-0.39, 0.29) is 0 Å². The van der Waals surface area contributed by atoms with Crippen molar-refractivity contribution >= 4 is 11.4 Å². The minimum absolute atomic E-state index is 0.618. The van der Waals surface area contributed by atoms with Gasteiger partial charge in [0.1, 0.15) is 0 Å². The molecule has 0 bridgehead atoms. The Balaban J connectivity index is 0.000000221. The van der Waals surface area contributed by atoms with Gasteiger partial charge in [0.2, 0.25) is 0 Å². The van der Waals surface area contributed by atoms with Crippen molar-refractivity contribution in [1.29, 1.82) is 0 Å². The third-order valence-corrected chi connectivity index (χ3v) is 12.2. The van der Waals surface area contributed by atoms with Crippen molar-refractivity contribution in [2.45, 2.75) is 79.1 Å². The molecule has 4 rings (SSSR count). The summed E-state index contributed by atoms with van der Waals surface area (Å²) in [5.41, 5.74) is 21.2. The monoisotopic (exact) mass is 634 g/mol. The van der Waals surface area contributed by atoms with Crippen LogP contribution in [-0.4, -0.2) is 0 Å². The molecule has 3 heteroatoms. The summed E-state index contributed by atoms with van der Waals surface area (Å²) >= 11 is -0.707. The molecule has 0 atom stereocenters. The molecule has 0 aromatic heterocycles. The molecular weight excluding hydrogens is 591 g/mol. The summed E-state index contributed by atoms with van der Waals surface area (Å²) in [7, 11) is 0. The first kappa shape index (κ1) is 29.1. The van der Waals surface area contributed by atoms with Gasteiger partial charge in [-0.05, 0) is 13.8 Å². The maximum Gasteiger partial charge on any atom is -0.0410 e. The van der Waals surface area contributed by atoms with E-state index in [1.807, 2.05) is 56.9 Å². The molecule has 0 spiro atoms. The molecule has 2 aliphatic rings. The fraction of sp³-hybridized carbons (Fsp3) is 0.375. The van der Waals surface area contributed by atoms with Gasteiger partial charge in [-0.3, -0.25) is 0 Å². The normalized spacial score (nSPS) is 13.8. The molecule has 2 N–H and O–H groups in total. The summed E-state index contributed by atoms with van der Waals surface area (Å²) in [6, 6.07) is 15.1. The topological polar surface area (TPSA) is 47.6 Å². The van der Waals surface area contributed by atoms with Gasteiger partial charge in [0.15, 0.2) is 0 Å². The molecule has 0 fully saturated rings. The summed E-state index contributed by atoms with van der Waals surface area (Å²) in [5, 5.41) is 0. The molecule has 0 heterocycles. The van der Waals surface area contributed by atoms with Crippen LogP contribution in [0.25, 0.3) is 11.5 Å². The van der Waals surface area contributed by atoms with Gasteiger partial charge < -0.3 is 11.5 Å². The maximum absolute atomic E-state index is 7.22. The summed E-state index contributed by atoms with van der Waals surface area (Å²) in [6.07, 6.45) is 20.3. The number of hydrogen-bond acceptors (Lipinski definition) is 0. The molecule has 0 radical (unpaired) electrons. The Morgan fingerprint density at radius 2 is 1.06 bits per heavy atom. The van der Waals surface area contributed by atoms with E-state index in [0.717, 1.165) is 11.1 Å². The standard InChI is InChI=1S/2C9H13.2C7H8N.Hf/c2*1-2-3-6-9-7-4-5-8-9;2*1-6-4-2-3-5-7(6)8;/h2*4,7H,2-3,5-6H2,1H3;2*2-5,8H,1H3;/q;;2*-1;+2. The average Bonchev–Trinajstić information content (AvgIpc) is 3.50. The van der Waals surface area contributed by atoms with Crippen molar-refractivity contribution in [2.24, 2.45) is 0 Å². The van der Waals surface area contributed by atoms with E-state index in [2.05, 4.69) is 38.2 Å². The van der Waals surface area contributed by atoms with Gasteiger partial charge in [0.05, 0.1) is 0 Å². The van der Waals surface area contributed by atoms with Crippen molar-refractivity contribution in [3.63, 3.8) is 0 Å². The Hall–Kier alpha value is -2.13. The number of hydrogen-bond donors (Lipinski definition) is 0. The Labute approximate surface area is 225 Å². The zero-order chi connectivity index (χ0) is 25.5. The van der Waals surface area contributed by atoms with Crippen LogP contribution in [0.1, 0.15) is 76.3 Å². The molecule has 2 aliphatic carbocycles. The molecule has 0 saturated heterocycles. The Bertz CT molecular complexity index is 918. The minimum Gasteiger partial charge on any atom is -0.699 e. The van der Waals surface area contributed by atoms with Crippen LogP contribution in [0.15, 0.2) is 90.6 Å². The quantitative estimate of drug-likeness (QED) is 0.260. The Morgan fingerprint density at radius 3 is 1.37 bits per heavy atom. The van der Waals surface area contributed by atoms with Crippen LogP contribution < -0.4 is 0 Å². The Kier molecular flexibility index (Phi) is 13.7. The smallest absolute Gasteiger partial charge is 0.0410 e. The maximum atomic E-state index is 7.22. The first-order valence-electron chi connectivity index (χ1n) is 13.0. The van der Waals surface area contributed by atoms with Crippen molar-refractivity contribution < 1.29 is 22.9 Å². The van der Waals surface area contributed by atoms with E-state index >= 15 is 0 Å². The fourth-order valence-corrected chi connectivity index (χ4v) is 9.43. The predicted molar refractivity (Wildman–Crippen MR) is 151 cm³/mol. The molecule has 0 unspecified atom stereocenters. The van der Waals surface area contributed by atoms with Crippen LogP contribution >= 0.6 is 0 Å². The fourth-order valence-electron chi connectivity index (χ4n) is 3.89. The van der Waals surface area contributed by atoms with E-state index in [9.17, 15) is 0 Å². The summed E-state index contributed by atoms with van der Waals surface area (Å²) in [6.45, 7) is 8.46. The molecule has 2 nitrogen and oxygen atoms in total. The van der Waals surface area contributed by atoms with Gasteiger partial charge >= 0.3 is 130 Å². The number of allylic oxidation sites excluding steroid dienone is 8. The largest absolute Gasteiger partial charge is 0.699 e. The number of benzene rings is 2. The third-order valence-electron chi connectivity index (χ3n) is 6.25. The molecule has 0 aliphatic heterocycles. The van der Waals surface area contributed by atoms with Gasteiger partial charge in [-0.25, -0.2) is 0 Å².